The standard InChI is InChI=1S/C21H25N.C2H7N/c1-3-9-18-10-7-8-11-19(18)15-14-17(2)21(16-22)20-12-5-4-6-13-20;1-3-2/h4-8,10-14,16H,3,9,15,22H2,1-2H3;3H,1-2H3/b17-14-,21-16+;. The van der Waals surface area contributed by atoms with Gasteiger partial charge in [0.2, 0.25) is 0 Å². The molecule has 25 heavy (non-hydrogen) atoms. The molecular weight excluding hydrogens is 304 g/mol. The highest BCUT2D eigenvalue weighted by Gasteiger charge is 2.04. The first-order valence-corrected chi connectivity index (χ1v) is 8.97. The summed E-state index contributed by atoms with van der Waals surface area (Å²) in [6, 6.07) is 19.0. The number of hydrogen-bond donors (Lipinski definition) is 2. The van der Waals surface area contributed by atoms with Crippen LogP contribution in [0.15, 0.2) is 72.4 Å². The highest BCUT2D eigenvalue weighted by atomic mass is 14.7. The molecule has 3 N–H and O–H groups in total. The van der Waals surface area contributed by atoms with Crippen LogP contribution in [0.25, 0.3) is 5.57 Å². The molecule has 0 aliphatic heterocycles. The fourth-order valence-electron chi connectivity index (χ4n) is 2.72. The number of nitrogens with one attached hydrogen (secondary N) is 1. The molecule has 0 saturated heterocycles. The molecule has 2 heteroatoms. The number of nitrogens with two attached hydrogens (primary N) is 1. The van der Waals surface area contributed by atoms with Crippen molar-refractivity contribution in [1.29, 1.82) is 0 Å². The van der Waals surface area contributed by atoms with Crippen LogP contribution in [0.3, 0.4) is 0 Å². The lowest BCUT2D eigenvalue weighted by atomic mass is 9.96. The van der Waals surface area contributed by atoms with Gasteiger partial charge in [-0.25, -0.2) is 0 Å². The summed E-state index contributed by atoms with van der Waals surface area (Å²) < 4.78 is 0. The van der Waals surface area contributed by atoms with Crippen LogP contribution in [0.4, 0.5) is 0 Å². The predicted octanol–water partition coefficient (Wildman–Crippen LogP) is 4.96. The molecule has 0 aliphatic rings. The van der Waals surface area contributed by atoms with Crippen LogP contribution in [0, 0.1) is 0 Å². The molecule has 0 saturated carbocycles. The molecule has 2 aromatic rings. The lowest BCUT2D eigenvalue weighted by Crippen LogP contribution is -1.95. The summed E-state index contributed by atoms with van der Waals surface area (Å²) in [7, 11) is 3.75. The van der Waals surface area contributed by atoms with Gasteiger partial charge in [-0.2, -0.15) is 0 Å². The van der Waals surface area contributed by atoms with Gasteiger partial charge in [0.25, 0.3) is 0 Å². The number of benzene rings is 2. The Hall–Kier alpha value is -2.32. The van der Waals surface area contributed by atoms with Crippen LogP contribution in [0.1, 0.15) is 37.0 Å². The quantitative estimate of drug-likeness (QED) is 0.731. The van der Waals surface area contributed by atoms with Gasteiger partial charge in [0, 0.05) is 6.20 Å². The van der Waals surface area contributed by atoms with Crippen LogP contribution < -0.4 is 11.1 Å². The molecule has 0 bridgehead atoms. The van der Waals surface area contributed by atoms with Crippen LogP contribution in [0.5, 0.6) is 0 Å². The Labute approximate surface area is 153 Å². The van der Waals surface area contributed by atoms with Crippen LogP contribution in [0.2, 0.25) is 0 Å². The van der Waals surface area contributed by atoms with Crippen molar-refractivity contribution in [2.45, 2.75) is 33.1 Å². The van der Waals surface area contributed by atoms with Crippen molar-refractivity contribution in [2.24, 2.45) is 5.73 Å². The largest absolute Gasteiger partial charge is 0.404 e. The van der Waals surface area contributed by atoms with E-state index >= 15 is 0 Å². The Balaban J connectivity index is 0.000000970. The highest BCUT2D eigenvalue weighted by Crippen LogP contribution is 2.22. The molecule has 0 amide bonds. The molecule has 2 aromatic carbocycles. The van der Waals surface area contributed by atoms with Gasteiger partial charge in [-0.15, -0.1) is 0 Å². The van der Waals surface area contributed by atoms with E-state index in [1.807, 2.05) is 32.3 Å². The monoisotopic (exact) mass is 336 g/mol. The van der Waals surface area contributed by atoms with Gasteiger partial charge >= 0.3 is 0 Å². The zero-order valence-electron chi connectivity index (χ0n) is 16.0. The summed E-state index contributed by atoms with van der Waals surface area (Å²) in [4.78, 5) is 0. The predicted molar refractivity (Wildman–Crippen MR) is 111 cm³/mol. The van der Waals surface area contributed by atoms with Gasteiger partial charge in [-0.05, 0) is 61.7 Å². The molecule has 0 radical (unpaired) electrons. The first-order valence-electron chi connectivity index (χ1n) is 8.97. The molecule has 0 atom stereocenters. The number of allylic oxidation sites excluding steroid dienone is 3. The smallest absolute Gasteiger partial charge is 0.00201 e. The first kappa shape index (κ1) is 20.7. The summed E-state index contributed by atoms with van der Waals surface area (Å²) >= 11 is 0. The Kier molecular flexibility index (Phi) is 10.0. The van der Waals surface area contributed by atoms with Crippen LogP contribution >= 0.6 is 0 Å². The van der Waals surface area contributed by atoms with Gasteiger partial charge in [0.1, 0.15) is 0 Å². The SMILES string of the molecule is CCCc1ccccc1C/C=C(C)\C(=C/N)c1ccccc1.CNC. The average Bonchev–Trinajstić information content (AvgIpc) is 2.63. The van der Waals surface area contributed by atoms with Crippen molar-refractivity contribution in [3.63, 3.8) is 0 Å². The van der Waals surface area contributed by atoms with Crippen molar-refractivity contribution in [1.82, 2.24) is 5.32 Å². The lowest BCUT2D eigenvalue weighted by Gasteiger charge is -2.10. The van der Waals surface area contributed by atoms with Gasteiger partial charge in [0.15, 0.2) is 0 Å². The zero-order valence-corrected chi connectivity index (χ0v) is 16.0. The third kappa shape index (κ3) is 6.98. The fourth-order valence-corrected chi connectivity index (χ4v) is 2.72. The van der Waals surface area contributed by atoms with Gasteiger partial charge in [-0.1, -0.05) is 74.0 Å². The average molecular weight is 337 g/mol. The normalized spacial score (nSPS) is 11.7. The lowest BCUT2D eigenvalue weighted by molar-refractivity contribution is 0.906. The summed E-state index contributed by atoms with van der Waals surface area (Å²) in [5.74, 6) is 0. The first-order chi connectivity index (χ1) is 12.2. The van der Waals surface area contributed by atoms with E-state index in [1.165, 1.54) is 28.7 Å². The highest BCUT2D eigenvalue weighted by molar-refractivity contribution is 5.78. The Morgan fingerprint density at radius 3 is 2.08 bits per heavy atom. The van der Waals surface area contributed by atoms with Crippen molar-refractivity contribution < 1.29 is 0 Å². The topological polar surface area (TPSA) is 38.0 Å². The molecular formula is C23H32N2. The van der Waals surface area contributed by atoms with E-state index < -0.39 is 0 Å². The summed E-state index contributed by atoms with van der Waals surface area (Å²) in [5, 5.41) is 2.75. The van der Waals surface area contributed by atoms with E-state index in [4.69, 9.17) is 5.73 Å². The minimum atomic E-state index is 0.951. The zero-order chi connectivity index (χ0) is 18.5. The fraction of sp³-hybridized carbons (Fsp3) is 0.304. The molecule has 0 unspecified atom stereocenters. The number of aryl methyl sites for hydroxylation is 1. The second kappa shape index (κ2) is 12.1. The van der Waals surface area contributed by atoms with E-state index in [9.17, 15) is 0 Å². The molecule has 0 spiro atoms. The maximum atomic E-state index is 5.85. The summed E-state index contributed by atoms with van der Waals surface area (Å²) in [6.07, 6.45) is 7.25. The molecule has 0 heterocycles. The van der Waals surface area contributed by atoms with Crippen LogP contribution in [-0.2, 0) is 12.8 Å². The molecule has 134 valence electrons. The van der Waals surface area contributed by atoms with E-state index in [0.29, 0.717) is 0 Å². The van der Waals surface area contributed by atoms with Gasteiger partial charge < -0.3 is 11.1 Å². The minimum Gasteiger partial charge on any atom is -0.404 e. The van der Waals surface area contributed by atoms with Crippen molar-refractivity contribution in [3.05, 3.63) is 89.1 Å². The summed E-state index contributed by atoms with van der Waals surface area (Å²) in [5.41, 5.74) is 12.2. The van der Waals surface area contributed by atoms with E-state index in [-0.39, 0.29) is 0 Å². The Morgan fingerprint density at radius 2 is 1.52 bits per heavy atom. The number of hydrogen-bond acceptors (Lipinski definition) is 2. The van der Waals surface area contributed by atoms with Gasteiger partial charge in [0.05, 0.1) is 0 Å². The third-order valence-electron chi connectivity index (χ3n) is 3.94. The van der Waals surface area contributed by atoms with Crippen LogP contribution in [-0.4, -0.2) is 14.1 Å². The maximum Gasteiger partial charge on any atom is 0.00201 e. The molecule has 0 fully saturated rings. The molecule has 0 aromatic heterocycles. The van der Waals surface area contributed by atoms with Crippen molar-refractivity contribution in [3.8, 4) is 0 Å². The Bertz CT molecular complexity index is 670. The minimum absolute atomic E-state index is 0.951. The van der Waals surface area contributed by atoms with E-state index in [0.717, 1.165) is 18.4 Å². The third-order valence-corrected chi connectivity index (χ3v) is 3.94. The Morgan fingerprint density at radius 1 is 0.960 bits per heavy atom. The maximum absolute atomic E-state index is 5.85. The number of rotatable bonds is 6. The van der Waals surface area contributed by atoms with E-state index in [1.54, 1.807) is 6.20 Å². The second-order valence-electron chi connectivity index (χ2n) is 6.06. The second-order valence-corrected chi connectivity index (χ2v) is 6.06. The van der Waals surface area contributed by atoms with Crippen molar-refractivity contribution in [2.75, 3.05) is 14.1 Å². The molecule has 0 aliphatic carbocycles. The van der Waals surface area contributed by atoms with E-state index in [2.05, 4.69) is 61.6 Å². The molecule has 2 nitrogen and oxygen atoms in total. The molecule has 2 rings (SSSR count). The summed E-state index contributed by atoms with van der Waals surface area (Å²) in [6.45, 7) is 4.36. The van der Waals surface area contributed by atoms with Crippen molar-refractivity contribution >= 4 is 5.57 Å². The van der Waals surface area contributed by atoms with Gasteiger partial charge in [-0.3, -0.25) is 0 Å².